The molecule has 0 saturated heterocycles. The Morgan fingerprint density at radius 1 is 1.36 bits per heavy atom. The Balaban J connectivity index is 1.89. The molecule has 2 aliphatic rings. The van der Waals surface area contributed by atoms with Crippen LogP contribution in [0, 0.1) is 0 Å². The lowest BCUT2D eigenvalue weighted by atomic mass is 9.82. The van der Waals surface area contributed by atoms with Gasteiger partial charge in [-0.15, -0.1) is 0 Å². The molecule has 1 aromatic heterocycles. The number of fused-ring (bicyclic) bond motifs is 2. The van der Waals surface area contributed by atoms with Crippen LogP contribution in [0.25, 0.3) is 16.5 Å². The summed E-state index contributed by atoms with van der Waals surface area (Å²) in [6.07, 6.45) is 6.82. The van der Waals surface area contributed by atoms with Crippen LogP contribution < -0.4 is 10.7 Å². The summed E-state index contributed by atoms with van der Waals surface area (Å²) in [5, 5.41) is 4.97. The number of nitrogens with zero attached hydrogens (tertiary/aromatic N) is 2. The van der Waals surface area contributed by atoms with Crippen LogP contribution in [0.1, 0.15) is 17.5 Å². The first kappa shape index (κ1) is 13.8. The van der Waals surface area contributed by atoms with E-state index >= 15 is 0 Å². The largest absolute Gasteiger partial charge is 0.364 e. The van der Waals surface area contributed by atoms with Gasteiger partial charge < -0.3 is 5.32 Å². The van der Waals surface area contributed by atoms with Gasteiger partial charge in [-0.1, -0.05) is 18.2 Å². The Morgan fingerprint density at radius 3 is 3.05 bits per heavy atom. The summed E-state index contributed by atoms with van der Waals surface area (Å²) < 4.78 is 2.05. The van der Waals surface area contributed by atoms with Gasteiger partial charge in [-0.3, -0.25) is 15.0 Å². The molecule has 5 heteroatoms. The zero-order valence-corrected chi connectivity index (χ0v) is 13.7. The van der Waals surface area contributed by atoms with Crippen LogP contribution in [0.15, 0.2) is 30.5 Å². The maximum absolute atomic E-state index is 5.25. The molecule has 2 aromatic rings. The van der Waals surface area contributed by atoms with Gasteiger partial charge in [0.15, 0.2) is 5.11 Å². The number of nitrogens with one attached hydrogen (secondary N) is 2. The fourth-order valence-electron chi connectivity index (χ4n) is 3.74. The van der Waals surface area contributed by atoms with E-state index in [0.29, 0.717) is 11.2 Å². The standard InChI is InChI=1S/C17H20N4S/c1-18-17(22)19-21-10-11-9-15-12(6-4-8-20(15)2)13-5-3-7-14(21)16(11)13/h3,5-7,10,15H,4,8-9H2,1-2H3,(H2,18,19,22)/t15-/m1/s1. The molecule has 0 saturated carbocycles. The minimum Gasteiger partial charge on any atom is -0.364 e. The number of rotatable bonds is 1. The van der Waals surface area contributed by atoms with E-state index in [4.69, 9.17) is 12.2 Å². The highest BCUT2D eigenvalue weighted by Gasteiger charge is 2.31. The molecular weight excluding hydrogens is 292 g/mol. The van der Waals surface area contributed by atoms with Gasteiger partial charge in [-0.05, 0) is 54.9 Å². The maximum atomic E-state index is 5.25. The van der Waals surface area contributed by atoms with E-state index in [0.717, 1.165) is 19.4 Å². The molecule has 2 N–H and O–H groups in total. The van der Waals surface area contributed by atoms with Crippen molar-refractivity contribution in [2.24, 2.45) is 0 Å². The van der Waals surface area contributed by atoms with Crippen molar-refractivity contribution in [3.8, 4) is 0 Å². The summed E-state index contributed by atoms with van der Waals surface area (Å²) in [6, 6.07) is 7.05. The first-order valence-electron chi connectivity index (χ1n) is 7.71. The topological polar surface area (TPSA) is 32.2 Å². The molecule has 0 radical (unpaired) electrons. The molecule has 1 aromatic carbocycles. The third kappa shape index (κ3) is 1.96. The van der Waals surface area contributed by atoms with Crippen LogP contribution in [-0.2, 0) is 6.42 Å². The number of hydrogen-bond donors (Lipinski definition) is 2. The van der Waals surface area contributed by atoms with Crippen LogP contribution in [0.5, 0.6) is 0 Å². The summed E-state index contributed by atoms with van der Waals surface area (Å²) in [4.78, 5) is 2.47. The van der Waals surface area contributed by atoms with Gasteiger partial charge in [0, 0.05) is 31.2 Å². The Hall–Kier alpha value is -1.85. The molecule has 0 unspecified atom stereocenters. The van der Waals surface area contributed by atoms with Gasteiger partial charge in [0.2, 0.25) is 0 Å². The molecule has 0 amide bonds. The average molecular weight is 312 g/mol. The van der Waals surface area contributed by atoms with Crippen molar-refractivity contribution in [3.05, 3.63) is 41.6 Å². The lowest BCUT2D eigenvalue weighted by Crippen LogP contribution is -2.39. The second-order valence-corrected chi connectivity index (χ2v) is 6.47. The molecule has 1 atom stereocenters. The molecule has 114 valence electrons. The van der Waals surface area contributed by atoms with Crippen molar-refractivity contribution < 1.29 is 0 Å². The van der Waals surface area contributed by atoms with Crippen LogP contribution in [-0.4, -0.2) is 41.4 Å². The van der Waals surface area contributed by atoms with E-state index in [-0.39, 0.29) is 0 Å². The Labute approximate surface area is 135 Å². The van der Waals surface area contributed by atoms with Crippen molar-refractivity contribution in [1.82, 2.24) is 14.9 Å². The lowest BCUT2D eigenvalue weighted by Gasteiger charge is -2.36. The van der Waals surface area contributed by atoms with Gasteiger partial charge >= 0.3 is 0 Å². The number of hydrogen-bond acceptors (Lipinski definition) is 2. The fraction of sp³-hybridized carbons (Fsp3) is 0.353. The van der Waals surface area contributed by atoms with Gasteiger partial charge in [-0.2, -0.15) is 0 Å². The first-order valence-corrected chi connectivity index (χ1v) is 8.12. The highest BCUT2D eigenvalue weighted by atomic mass is 32.1. The quantitative estimate of drug-likeness (QED) is 0.792. The minimum absolute atomic E-state index is 0.499. The predicted molar refractivity (Wildman–Crippen MR) is 95.7 cm³/mol. The summed E-state index contributed by atoms with van der Waals surface area (Å²) in [6.45, 7) is 1.14. The van der Waals surface area contributed by atoms with Gasteiger partial charge in [0.25, 0.3) is 0 Å². The van der Waals surface area contributed by atoms with Crippen molar-refractivity contribution in [1.29, 1.82) is 0 Å². The SMILES string of the molecule is CNC(=S)Nn1cc2c3c(cccc31)C1=CCCN(C)[C@@H]1C2. The van der Waals surface area contributed by atoms with Crippen molar-refractivity contribution >= 4 is 33.8 Å². The fourth-order valence-corrected chi connectivity index (χ4v) is 3.84. The van der Waals surface area contributed by atoms with E-state index in [1.165, 1.54) is 27.6 Å². The van der Waals surface area contributed by atoms with Crippen molar-refractivity contribution in [2.45, 2.75) is 18.9 Å². The van der Waals surface area contributed by atoms with Gasteiger partial charge in [0.1, 0.15) is 0 Å². The van der Waals surface area contributed by atoms with Gasteiger partial charge in [-0.25, -0.2) is 0 Å². The van der Waals surface area contributed by atoms with Crippen molar-refractivity contribution in [3.63, 3.8) is 0 Å². The molecule has 0 fully saturated rings. The average Bonchev–Trinajstić information content (AvgIpc) is 2.88. The summed E-state index contributed by atoms with van der Waals surface area (Å²) in [5.41, 5.74) is 8.70. The molecular formula is C17H20N4S. The normalized spacial score (nSPS) is 20.5. The van der Waals surface area contributed by atoms with E-state index in [1.54, 1.807) is 0 Å². The first-order chi connectivity index (χ1) is 10.7. The second-order valence-electron chi connectivity index (χ2n) is 6.06. The second kappa shape index (κ2) is 5.11. The Kier molecular flexibility index (Phi) is 3.20. The smallest absolute Gasteiger partial charge is 0.185 e. The summed E-state index contributed by atoms with van der Waals surface area (Å²) >= 11 is 5.25. The number of benzene rings is 1. The van der Waals surface area contributed by atoms with Crippen LogP contribution in [0.4, 0.5) is 0 Å². The molecule has 0 bridgehead atoms. The van der Waals surface area contributed by atoms with E-state index in [1.807, 2.05) is 11.7 Å². The lowest BCUT2D eigenvalue weighted by molar-refractivity contribution is 0.282. The van der Waals surface area contributed by atoms with Crippen LogP contribution in [0.3, 0.4) is 0 Å². The predicted octanol–water partition coefficient (Wildman–Crippen LogP) is 2.33. The molecule has 4 rings (SSSR count). The third-order valence-electron chi connectivity index (χ3n) is 4.82. The number of aromatic nitrogens is 1. The Bertz CT molecular complexity index is 789. The molecule has 2 heterocycles. The van der Waals surface area contributed by atoms with E-state index in [2.05, 4.69) is 53.2 Å². The van der Waals surface area contributed by atoms with Crippen LogP contribution in [0.2, 0.25) is 0 Å². The van der Waals surface area contributed by atoms with Crippen molar-refractivity contribution in [2.75, 3.05) is 26.1 Å². The van der Waals surface area contributed by atoms with Gasteiger partial charge in [0.05, 0.1) is 5.52 Å². The summed E-state index contributed by atoms with van der Waals surface area (Å²) in [5.74, 6) is 0. The molecule has 1 aliphatic heterocycles. The highest BCUT2D eigenvalue weighted by Crippen LogP contribution is 2.40. The third-order valence-corrected chi connectivity index (χ3v) is 5.11. The highest BCUT2D eigenvalue weighted by molar-refractivity contribution is 7.80. The summed E-state index contributed by atoms with van der Waals surface area (Å²) in [7, 11) is 4.06. The van der Waals surface area contributed by atoms with Crippen LogP contribution >= 0.6 is 12.2 Å². The minimum atomic E-state index is 0.499. The van der Waals surface area contributed by atoms with E-state index < -0.39 is 0 Å². The number of likely N-dealkylation sites (N-methyl/N-ethyl adjacent to an activating group) is 1. The monoisotopic (exact) mass is 312 g/mol. The zero-order valence-electron chi connectivity index (χ0n) is 12.9. The molecule has 1 aliphatic carbocycles. The maximum Gasteiger partial charge on any atom is 0.185 e. The Morgan fingerprint density at radius 2 is 2.23 bits per heavy atom. The zero-order chi connectivity index (χ0) is 15.3. The molecule has 0 spiro atoms. The molecule has 22 heavy (non-hydrogen) atoms. The van der Waals surface area contributed by atoms with E-state index in [9.17, 15) is 0 Å². The molecule has 4 nitrogen and oxygen atoms in total. The number of thiocarbonyl (C=S) groups is 1.